The third-order valence-corrected chi connectivity index (χ3v) is 2.84. The fourth-order valence-corrected chi connectivity index (χ4v) is 1.91. The maximum Gasteiger partial charge on any atom is 0.433 e. The first kappa shape index (κ1) is 13.0. The molecule has 1 unspecified atom stereocenters. The Morgan fingerprint density at radius 3 is 3.11 bits per heavy atom. The molecule has 0 bridgehead atoms. The molecule has 1 saturated heterocycles. The van der Waals surface area contributed by atoms with Gasteiger partial charge in [0.15, 0.2) is 0 Å². The number of ether oxygens (including phenoxy) is 1. The van der Waals surface area contributed by atoms with Crippen LogP contribution in [-0.4, -0.2) is 49.2 Å². The van der Waals surface area contributed by atoms with Crippen molar-refractivity contribution in [2.45, 2.75) is 12.6 Å². The second kappa shape index (κ2) is 5.94. The van der Waals surface area contributed by atoms with Crippen molar-refractivity contribution in [2.75, 3.05) is 33.3 Å². The molecule has 0 spiro atoms. The van der Waals surface area contributed by atoms with E-state index in [0.717, 1.165) is 19.7 Å². The Kier molecular flexibility index (Phi) is 4.29. The first-order valence-electron chi connectivity index (χ1n) is 5.89. The molecule has 1 N–H and O–H groups in total. The number of hydrogen-bond donors (Lipinski definition) is 1. The van der Waals surface area contributed by atoms with Crippen molar-refractivity contribution in [1.82, 2.24) is 10.2 Å². The Hall–Kier alpha value is -1.44. The third-order valence-electron chi connectivity index (χ3n) is 2.84. The highest BCUT2D eigenvalue weighted by Gasteiger charge is 2.17. The van der Waals surface area contributed by atoms with E-state index in [0.29, 0.717) is 18.8 Å². The number of hydrogen-bond acceptors (Lipinski definition) is 6. The summed E-state index contributed by atoms with van der Waals surface area (Å²) >= 11 is 0. The summed E-state index contributed by atoms with van der Waals surface area (Å²) < 4.78 is 10.6. The summed E-state index contributed by atoms with van der Waals surface area (Å²) in [5.74, 6) is 0.339. The van der Waals surface area contributed by atoms with E-state index in [2.05, 4.69) is 17.3 Å². The molecule has 18 heavy (non-hydrogen) atoms. The summed E-state index contributed by atoms with van der Waals surface area (Å²) in [7, 11) is 2.06. The zero-order valence-corrected chi connectivity index (χ0v) is 10.3. The summed E-state index contributed by atoms with van der Waals surface area (Å²) in [6, 6.07) is 2.97. The quantitative estimate of drug-likeness (QED) is 0.613. The number of nitro groups is 1. The summed E-state index contributed by atoms with van der Waals surface area (Å²) in [6.07, 6.45) is 0.161. The van der Waals surface area contributed by atoms with Crippen LogP contribution in [0.2, 0.25) is 0 Å². The predicted octanol–water partition coefficient (Wildman–Crippen LogP) is 0.608. The van der Waals surface area contributed by atoms with Crippen molar-refractivity contribution in [3.8, 4) is 0 Å². The molecule has 1 aliphatic heterocycles. The summed E-state index contributed by atoms with van der Waals surface area (Å²) in [5.41, 5.74) is 0. The SMILES string of the molecule is CN1CCOC(CNCc2ccc([N+](=O)[O-])o2)C1. The number of likely N-dealkylation sites (N-methyl/N-ethyl adjacent to an activating group) is 1. The number of nitrogens with zero attached hydrogens (tertiary/aromatic N) is 2. The van der Waals surface area contributed by atoms with Crippen LogP contribution in [0.15, 0.2) is 16.5 Å². The molecule has 1 aromatic heterocycles. The van der Waals surface area contributed by atoms with Crippen LogP contribution in [0.5, 0.6) is 0 Å². The van der Waals surface area contributed by atoms with Crippen molar-refractivity contribution in [1.29, 1.82) is 0 Å². The average Bonchev–Trinajstić information content (AvgIpc) is 2.78. The van der Waals surface area contributed by atoms with Crippen molar-refractivity contribution in [3.05, 3.63) is 28.0 Å². The van der Waals surface area contributed by atoms with Crippen LogP contribution in [-0.2, 0) is 11.3 Å². The van der Waals surface area contributed by atoms with E-state index in [1.807, 2.05) is 0 Å². The standard InChI is InChI=1S/C11H17N3O4/c1-13-4-5-17-10(8-13)7-12-6-9-2-3-11(18-9)14(15)16/h2-3,10,12H,4-8H2,1H3. The lowest BCUT2D eigenvalue weighted by Gasteiger charge is -2.30. The third kappa shape index (κ3) is 3.52. The molecular weight excluding hydrogens is 238 g/mol. The van der Waals surface area contributed by atoms with Gasteiger partial charge in [0, 0.05) is 19.6 Å². The number of nitrogens with one attached hydrogen (secondary N) is 1. The van der Waals surface area contributed by atoms with E-state index in [-0.39, 0.29) is 12.0 Å². The van der Waals surface area contributed by atoms with Gasteiger partial charge in [-0.05, 0) is 13.1 Å². The predicted molar refractivity (Wildman–Crippen MR) is 64.3 cm³/mol. The molecule has 7 heteroatoms. The van der Waals surface area contributed by atoms with Crippen molar-refractivity contribution < 1.29 is 14.1 Å². The molecule has 7 nitrogen and oxygen atoms in total. The Labute approximate surface area is 105 Å². The topological polar surface area (TPSA) is 80.8 Å². The van der Waals surface area contributed by atoms with Crippen LogP contribution in [0.1, 0.15) is 5.76 Å². The van der Waals surface area contributed by atoms with Crippen LogP contribution in [0.25, 0.3) is 0 Å². The van der Waals surface area contributed by atoms with Crippen LogP contribution in [0.3, 0.4) is 0 Å². The monoisotopic (exact) mass is 255 g/mol. The highest BCUT2D eigenvalue weighted by atomic mass is 16.6. The van der Waals surface area contributed by atoms with Gasteiger partial charge in [-0.2, -0.15) is 0 Å². The highest BCUT2D eigenvalue weighted by molar-refractivity contribution is 5.17. The van der Waals surface area contributed by atoms with E-state index in [1.54, 1.807) is 6.07 Å². The highest BCUT2D eigenvalue weighted by Crippen LogP contribution is 2.15. The van der Waals surface area contributed by atoms with Gasteiger partial charge >= 0.3 is 5.88 Å². The molecule has 0 saturated carbocycles. The molecule has 0 aliphatic carbocycles. The van der Waals surface area contributed by atoms with Gasteiger partial charge in [0.2, 0.25) is 0 Å². The zero-order chi connectivity index (χ0) is 13.0. The molecule has 100 valence electrons. The molecule has 0 radical (unpaired) electrons. The average molecular weight is 255 g/mol. The van der Waals surface area contributed by atoms with Crippen molar-refractivity contribution in [2.24, 2.45) is 0 Å². The fraction of sp³-hybridized carbons (Fsp3) is 0.636. The minimum absolute atomic E-state index is 0.161. The first-order valence-corrected chi connectivity index (χ1v) is 5.89. The van der Waals surface area contributed by atoms with Gasteiger partial charge < -0.3 is 19.4 Å². The normalized spacial score (nSPS) is 21.1. The van der Waals surface area contributed by atoms with Gasteiger partial charge in [-0.25, -0.2) is 0 Å². The smallest absolute Gasteiger partial charge is 0.404 e. The lowest BCUT2D eigenvalue weighted by molar-refractivity contribution is -0.402. The molecular formula is C11H17N3O4. The minimum atomic E-state index is -0.539. The lowest BCUT2D eigenvalue weighted by atomic mass is 10.3. The Bertz CT molecular complexity index is 407. The van der Waals surface area contributed by atoms with E-state index < -0.39 is 4.92 Å². The summed E-state index contributed by atoms with van der Waals surface area (Å²) in [5, 5.41) is 13.6. The number of furan rings is 1. The van der Waals surface area contributed by atoms with Gasteiger partial charge in [-0.1, -0.05) is 0 Å². The van der Waals surface area contributed by atoms with Gasteiger partial charge in [-0.3, -0.25) is 10.1 Å². The van der Waals surface area contributed by atoms with Crippen LogP contribution < -0.4 is 5.32 Å². The molecule has 1 atom stereocenters. The molecule has 2 heterocycles. The van der Waals surface area contributed by atoms with Gasteiger partial charge in [0.25, 0.3) is 0 Å². The molecule has 1 aliphatic rings. The summed E-state index contributed by atoms with van der Waals surface area (Å²) in [4.78, 5) is 12.1. The van der Waals surface area contributed by atoms with Gasteiger partial charge in [0.05, 0.1) is 25.3 Å². The minimum Gasteiger partial charge on any atom is -0.404 e. The van der Waals surface area contributed by atoms with Crippen molar-refractivity contribution in [3.63, 3.8) is 0 Å². The van der Waals surface area contributed by atoms with Gasteiger partial charge in [0.1, 0.15) is 10.7 Å². The number of morpholine rings is 1. The Morgan fingerprint density at radius 2 is 2.44 bits per heavy atom. The van der Waals surface area contributed by atoms with E-state index >= 15 is 0 Å². The maximum atomic E-state index is 10.4. The van der Waals surface area contributed by atoms with E-state index in [9.17, 15) is 10.1 Å². The molecule has 0 amide bonds. The molecule has 1 aromatic rings. The lowest BCUT2D eigenvalue weighted by Crippen LogP contribution is -2.44. The summed E-state index contributed by atoms with van der Waals surface area (Å²) in [6.45, 7) is 3.78. The Morgan fingerprint density at radius 1 is 1.61 bits per heavy atom. The maximum absolute atomic E-state index is 10.4. The largest absolute Gasteiger partial charge is 0.433 e. The Balaban J connectivity index is 1.72. The first-order chi connectivity index (χ1) is 8.65. The van der Waals surface area contributed by atoms with Crippen LogP contribution >= 0.6 is 0 Å². The molecule has 1 fully saturated rings. The molecule has 0 aromatic carbocycles. The second-order valence-electron chi connectivity index (χ2n) is 4.38. The molecule has 2 rings (SSSR count). The zero-order valence-electron chi connectivity index (χ0n) is 10.3. The van der Waals surface area contributed by atoms with Gasteiger partial charge in [-0.15, -0.1) is 0 Å². The fourth-order valence-electron chi connectivity index (χ4n) is 1.91. The van der Waals surface area contributed by atoms with Crippen LogP contribution in [0.4, 0.5) is 5.88 Å². The number of rotatable bonds is 5. The van der Waals surface area contributed by atoms with E-state index in [1.165, 1.54) is 6.07 Å². The van der Waals surface area contributed by atoms with Crippen molar-refractivity contribution >= 4 is 5.88 Å². The van der Waals surface area contributed by atoms with E-state index in [4.69, 9.17) is 9.15 Å². The second-order valence-corrected chi connectivity index (χ2v) is 4.38. The van der Waals surface area contributed by atoms with Crippen LogP contribution in [0, 0.1) is 10.1 Å².